The molecule has 1 saturated heterocycles. The Morgan fingerprint density at radius 3 is 2.54 bits per heavy atom. The van der Waals surface area contributed by atoms with E-state index in [1.807, 2.05) is 6.92 Å². The Hall–Kier alpha value is -3.13. The van der Waals surface area contributed by atoms with Gasteiger partial charge in [-0.1, -0.05) is 30.9 Å². The molecule has 1 aromatic heterocycles. The Kier molecular flexibility index (Phi) is 7.60. The average Bonchev–Trinajstić information content (AvgIpc) is 2.85. The molecule has 1 aromatic carbocycles. The highest BCUT2D eigenvalue weighted by molar-refractivity contribution is 6.30. The zero-order valence-corrected chi connectivity index (χ0v) is 20.9. The van der Waals surface area contributed by atoms with E-state index in [0.29, 0.717) is 28.9 Å². The van der Waals surface area contributed by atoms with Gasteiger partial charge in [0.25, 0.3) is 5.91 Å². The number of urea groups is 1. The van der Waals surface area contributed by atoms with Gasteiger partial charge in [0, 0.05) is 30.0 Å². The van der Waals surface area contributed by atoms with Gasteiger partial charge in [0.15, 0.2) is 0 Å². The normalized spacial score (nSPS) is 21.2. The van der Waals surface area contributed by atoms with Crippen molar-refractivity contribution < 1.29 is 14.4 Å². The van der Waals surface area contributed by atoms with E-state index >= 15 is 0 Å². The third-order valence-electron chi connectivity index (χ3n) is 7.24. The van der Waals surface area contributed by atoms with Crippen LogP contribution in [0.4, 0.5) is 16.3 Å². The summed E-state index contributed by atoms with van der Waals surface area (Å²) < 4.78 is 0. The number of hydrogen-bond acceptors (Lipinski definition) is 5. The number of halogens is 1. The number of benzene rings is 1. The fourth-order valence-electron chi connectivity index (χ4n) is 5.14. The van der Waals surface area contributed by atoms with E-state index < -0.39 is 18.0 Å². The molecule has 0 bridgehead atoms. The molecule has 9 heteroatoms. The molecule has 2 aliphatic rings. The third kappa shape index (κ3) is 5.42. The van der Waals surface area contributed by atoms with Gasteiger partial charge in [0.1, 0.15) is 11.9 Å². The molecule has 1 saturated carbocycles. The van der Waals surface area contributed by atoms with E-state index in [0.717, 1.165) is 36.1 Å². The van der Waals surface area contributed by atoms with Crippen molar-refractivity contribution in [1.82, 2.24) is 15.2 Å². The molecule has 1 aliphatic heterocycles. The van der Waals surface area contributed by atoms with Gasteiger partial charge in [0.2, 0.25) is 5.91 Å². The lowest BCUT2D eigenvalue weighted by Gasteiger charge is -2.46. The van der Waals surface area contributed by atoms with Crippen molar-refractivity contribution in [3.05, 3.63) is 53.2 Å². The van der Waals surface area contributed by atoms with Crippen LogP contribution in [-0.2, 0) is 16.0 Å². The quantitative estimate of drug-likeness (QED) is 0.586. The lowest BCUT2D eigenvalue weighted by Crippen LogP contribution is -2.71. The maximum Gasteiger partial charge on any atom is 0.325 e. The number of nitrogens with one attached hydrogen (secondary N) is 1. The minimum Gasteiger partial charge on any atom is -0.384 e. The molecule has 1 aliphatic carbocycles. The second-order valence-corrected chi connectivity index (χ2v) is 10.00. The number of nitrogens with zero attached hydrogens (tertiary/aromatic N) is 3. The summed E-state index contributed by atoms with van der Waals surface area (Å²) in [6.45, 7) is 1.98. The van der Waals surface area contributed by atoms with Gasteiger partial charge in [-0.2, -0.15) is 0 Å². The Morgan fingerprint density at radius 2 is 1.89 bits per heavy atom. The Balaban J connectivity index is 1.55. The topological polar surface area (TPSA) is 109 Å². The number of pyridine rings is 1. The van der Waals surface area contributed by atoms with Crippen molar-refractivity contribution in [3.8, 4) is 0 Å². The van der Waals surface area contributed by atoms with Crippen LogP contribution in [0.3, 0.4) is 0 Å². The monoisotopic (exact) mass is 497 g/mol. The number of anilines is 2. The summed E-state index contributed by atoms with van der Waals surface area (Å²) in [6.07, 6.45) is 7.50. The maximum atomic E-state index is 13.6. The SMILES string of the molecule is C[C@@H](NC(=O)N1C(=O)[C@H](Cc2ccnc(N)c2)[C@H]1C(=O)N(C)c1ccc(Cl)cc1)C1CCCCC1. The van der Waals surface area contributed by atoms with Crippen LogP contribution >= 0.6 is 11.6 Å². The highest BCUT2D eigenvalue weighted by Crippen LogP contribution is 2.34. The molecule has 2 fully saturated rings. The number of β-lactam (4-membered cyclic amide) rings is 1. The molecule has 4 rings (SSSR count). The number of rotatable bonds is 6. The minimum atomic E-state index is -0.920. The van der Waals surface area contributed by atoms with Gasteiger partial charge >= 0.3 is 6.03 Å². The number of amides is 4. The van der Waals surface area contributed by atoms with Crippen molar-refractivity contribution >= 4 is 41.0 Å². The van der Waals surface area contributed by atoms with Crippen LogP contribution in [-0.4, -0.2) is 46.9 Å². The molecule has 3 atom stereocenters. The summed E-state index contributed by atoms with van der Waals surface area (Å²) in [5.41, 5.74) is 7.22. The smallest absolute Gasteiger partial charge is 0.325 e. The molecule has 0 unspecified atom stereocenters. The summed E-state index contributed by atoms with van der Waals surface area (Å²) in [6, 6.07) is 8.80. The van der Waals surface area contributed by atoms with Gasteiger partial charge in [0.05, 0.1) is 5.92 Å². The maximum absolute atomic E-state index is 13.6. The summed E-state index contributed by atoms with van der Waals surface area (Å²) >= 11 is 5.99. The number of carbonyl (C=O) groups excluding carboxylic acids is 3. The number of aromatic nitrogens is 1. The number of hydrogen-bond donors (Lipinski definition) is 2. The van der Waals surface area contributed by atoms with Gasteiger partial charge in [-0.05, 0) is 74.1 Å². The number of nitrogen functional groups attached to an aromatic ring is 1. The van der Waals surface area contributed by atoms with Crippen molar-refractivity contribution in [2.75, 3.05) is 17.7 Å². The van der Waals surface area contributed by atoms with Crippen molar-refractivity contribution in [2.45, 2.75) is 57.5 Å². The number of nitrogens with two attached hydrogens (primary N) is 1. The van der Waals surface area contributed by atoms with Crippen LogP contribution in [0.2, 0.25) is 5.02 Å². The zero-order valence-electron chi connectivity index (χ0n) is 20.1. The lowest BCUT2D eigenvalue weighted by atomic mass is 9.81. The average molecular weight is 498 g/mol. The Bertz CT molecular complexity index is 1090. The first-order valence-electron chi connectivity index (χ1n) is 12.1. The van der Waals surface area contributed by atoms with Crippen LogP contribution in [0.5, 0.6) is 0 Å². The standard InChI is InChI=1S/C26H32ClN5O3/c1-16(18-6-4-3-5-7-18)30-26(35)32-23(25(34)31(2)20-10-8-19(27)9-11-20)21(24(32)33)14-17-12-13-29-22(28)15-17/h8-13,15-16,18,21,23H,3-7,14H2,1-2H3,(H2,28,29)(H,30,35)/t16-,21-,23+/m1/s1. The van der Waals surface area contributed by atoms with Gasteiger partial charge in [-0.15, -0.1) is 0 Å². The molecular weight excluding hydrogens is 466 g/mol. The largest absolute Gasteiger partial charge is 0.384 e. The Labute approximate surface area is 210 Å². The number of imide groups is 1. The van der Waals surface area contributed by atoms with E-state index in [1.165, 1.54) is 11.3 Å². The molecule has 8 nitrogen and oxygen atoms in total. The molecule has 0 radical (unpaired) electrons. The second-order valence-electron chi connectivity index (χ2n) is 9.56. The fourth-order valence-corrected chi connectivity index (χ4v) is 5.26. The van der Waals surface area contributed by atoms with Crippen LogP contribution < -0.4 is 16.0 Å². The molecule has 2 aromatic rings. The fraction of sp³-hybridized carbons (Fsp3) is 0.462. The highest BCUT2D eigenvalue weighted by Gasteiger charge is 2.55. The molecule has 3 N–H and O–H groups in total. The minimum absolute atomic E-state index is 0.0700. The molecular formula is C26H32ClN5O3. The molecule has 2 heterocycles. The van der Waals surface area contributed by atoms with E-state index in [1.54, 1.807) is 49.6 Å². The number of likely N-dealkylation sites (N-methyl/N-ethyl adjacent to an activating group) is 1. The van der Waals surface area contributed by atoms with Crippen LogP contribution in [0, 0.1) is 11.8 Å². The van der Waals surface area contributed by atoms with Gasteiger partial charge in [-0.3, -0.25) is 14.5 Å². The van der Waals surface area contributed by atoms with Crippen molar-refractivity contribution in [1.29, 1.82) is 0 Å². The first-order valence-corrected chi connectivity index (χ1v) is 12.5. The van der Waals surface area contributed by atoms with E-state index in [4.69, 9.17) is 17.3 Å². The number of likely N-dealkylation sites (tertiary alicyclic amines) is 1. The van der Waals surface area contributed by atoms with Crippen molar-refractivity contribution in [2.24, 2.45) is 11.8 Å². The molecule has 4 amide bonds. The number of carbonyl (C=O) groups is 3. The highest BCUT2D eigenvalue weighted by atomic mass is 35.5. The van der Waals surface area contributed by atoms with E-state index in [2.05, 4.69) is 10.3 Å². The Morgan fingerprint density at radius 1 is 1.20 bits per heavy atom. The summed E-state index contributed by atoms with van der Waals surface area (Å²) in [5.74, 6) is -0.650. The van der Waals surface area contributed by atoms with E-state index in [9.17, 15) is 14.4 Å². The molecule has 35 heavy (non-hydrogen) atoms. The lowest BCUT2D eigenvalue weighted by molar-refractivity contribution is -0.156. The summed E-state index contributed by atoms with van der Waals surface area (Å²) in [5, 5.41) is 3.55. The molecule has 186 valence electrons. The first-order chi connectivity index (χ1) is 16.8. The predicted molar refractivity (Wildman–Crippen MR) is 136 cm³/mol. The van der Waals surface area contributed by atoms with Gasteiger partial charge < -0.3 is 16.0 Å². The third-order valence-corrected chi connectivity index (χ3v) is 7.49. The van der Waals surface area contributed by atoms with E-state index in [-0.39, 0.29) is 17.9 Å². The van der Waals surface area contributed by atoms with Crippen LogP contribution in [0.1, 0.15) is 44.6 Å². The van der Waals surface area contributed by atoms with Crippen molar-refractivity contribution in [3.63, 3.8) is 0 Å². The summed E-state index contributed by atoms with van der Waals surface area (Å²) in [7, 11) is 1.64. The second kappa shape index (κ2) is 10.6. The summed E-state index contributed by atoms with van der Waals surface area (Å²) in [4.78, 5) is 46.6. The predicted octanol–water partition coefficient (Wildman–Crippen LogP) is 4.03. The zero-order chi connectivity index (χ0) is 25.1. The first kappa shape index (κ1) is 25.0. The van der Waals surface area contributed by atoms with Crippen LogP contribution in [0.25, 0.3) is 0 Å². The molecule has 0 spiro atoms. The van der Waals surface area contributed by atoms with Gasteiger partial charge in [-0.25, -0.2) is 9.78 Å². The van der Waals surface area contributed by atoms with Crippen LogP contribution in [0.15, 0.2) is 42.6 Å².